The Morgan fingerprint density at radius 1 is 1.07 bits per heavy atom. The summed E-state index contributed by atoms with van der Waals surface area (Å²) < 4.78 is 7.44. The summed E-state index contributed by atoms with van der Waals surface area (Å²) in [7, 11) is 0. The molecule has 1 spiro atoms. The molecule has 3 aromatic rings. The Labute approximate surface area is 162 Å². The van der Waals surface area contributed by atoms with Gasteiger partial charge in [0.25, 0.3) is 0 Å². The largest absolute Gasteiger partial charge is 0.365 e. The van der Waals surface area contributed by atoms with E-state index in [2.05, 4.69) is 41.8 Å². The van der Waals surface area contributed by atoms with Crippen molar-refractivity contribution in [2.45, 2.75) is 25.0 Å². The van der Waals surface area contributed by atoms with Crippen LogP contribution in [0.1, 0.15) is 29.5 Å². The van der Waals surface area contributed by atoms with Gasteiger partial charge >= 0.3 is 0 Å². The summed E-state index contributed by atoms with van der Waals surface area (Å²) in [4.78, 5) is 14.6. The van der Waals surface area contributed by atoms with Crippen molar-refractivity contribution in [1.82, 2.24) is 4.90 Å². The molecule has 4 heteroatoms. The first-order valence-corrected chi connectivity index (χ1v) is 10.3. The Morgan fingerprint density at radius 3 is 2.74 bits per heavy atom. The summed E-state index contributed by atoms with van der Waals surface area (Å²) in [5, 5.41) is 3.32. The van der Waals surface area contributed by atoms with Gasteiger partial charge in [0.1, 0.15) is 0 Å². The number of thiophene rings is 1. The summed E-state index contributed by atoms with van der Waals surface area (Å²) in [6, 6.07) is 16.8. The van der Waals surface area contributed by atoms with Gasteiger partial charge in [-0.1, -0.05) is 42.5 Å². The highest BCUT2D eigenvalue weighted by atomic mass is 32.1. The number of hydrogen-bond donors (Lipinski definition) is 0. The van der Waals surface area contributed by atoms with Crippen molar-refractivity contribution in [3.8, 4) is 0 Å². The molecule has 1 amide bonds. The third-order valence-electron chi connectivity index (χ3n) is 5.81. The smallest absolute Gasteiger partial charge is 0.246 e. The first-order chi connectivity index (χ1) is 13.3. The first kappa shape index (κ1) is 16.7. The van der Waals surface area contributed by atoms with Crippen LogP contribution in [0.25, 0.3) is 16.2 Å². The molecule has 27 heavy (non-hydrogen) atoms. The lowest BCUT2D eigenvalue weighted by Gasteiger charge is -2.39. The van der Waals surface area contributed by atoms with Crippen molar-refractivity contribution in [1.29, 1.82) is 0 Å². The second-order valence-electron chi connectivity index (χ2n) is 7.29. The molecule has 1 saturated heterocycles. The molecular weight excluding hydrogens is 354 g/mol. The molecule has 5 rings (SSSR count). The lowest BCUT2D eigenvalue weighted by atomic mass is 9.84. The molecule has 0 atom stereocenters. The number of piperidine rings is 1. The number of carbonyl (C=O) groups excluding carboxylic acids is 1. The Kier molecular flexibility index (Phi) is 4.10. The van der Waals surface area contributed by atoms with Gasteiger partial charge in [0.05, 0.1) is 12.2 Å². The monoisotopic (exact) mass is 375 g/mol. The zero-order chi connectivity index (χ0) is 18.3. The lowest BCUT2D eigenvalue weighted by molar-refractivity contribution is -0.133. The summed E-state index contributed by atoms with van der Waals surface area (Å²) in [6.07, 6.45) is 5.40. The molecule has 0 aliphatic carbocycles. The number of likely N-dealkylation sites (tertiary alicyclic amines) is 1. The Hall–Kier alpha value is -2.43. The minimum atomic E-state index is -0.194. The second-order valence-corrected chi connectivity index (χ2v) is 8.20. The summed E-state index contributed by atoms with van der Waals surface area (Å²) in [5.74, 6) is 0.0893. The molecule has 2 aromatic carbocycles. The molecular formula is C23H21NO2S. The molecule has 2 aliphatic rings. The van der Waals surface area contributed by atoms with E-state index in [0.717, 1.165) is 31.5 Å². The maximum Gasteiger partial charge on any atom is 0.246 e. The van der Waals surface area contributed by atoms with Gasteiger partial charge in [-0.25, -0.2) is 0 Å². The van der Waals surface area contributed by atoms with Gasteiger partial charge in [-0.15, -0.1) is 11.3 Å². The van der Waals surface area contributed by atoms with E-state index in [0.29, 0.717) is 6.61 Å². The molecule has 1 fully saturated rings. The van der Waals surface area contributed by atoms with E-state index in [1.54, 1.807) is 17.4 Å². The highest BCUT2D eigenvalue weighted by Gasteiger charge is 2.42. The predicted octanol–water partition coefficient (Wildman–Crippen LogP) is 4.96. The molecule has 3 heterocycles. The molecule has 2 aliphatic heterocycles. The van der Waals surface area contributed by atoms with E-state index in [-0.39, 0.29) is 11.5 Å². The van der Waals surface area contributed by atoms with Crippen LogP contribution in [0.15, 0.2) is 60.0 Å². The molecule has 3 nitrogen and oxygen atoms in total. The van der Waals surface area contributed by atoms with Gasteiger partial charge in [0.15, 0.2) is 0 Å². The van der Waals surface area contributed by atoms with Gasteiger partial charge in [-0.2, -0.15) is 0 Å². The minimum Gasteiger partial charge on any atom is -0.365 e. The third-order valence-corrected chi connectivity index (χ3v) is 6.79. The van der Waals surface area contributed by atoms with Gasteiger partial charge in [-0.05, 0) is 52.4 Å². The number of ether oxygens (including phenoxy) is 1. The molecule has 0 bridgehead atoms. The molecule has 1 aromatic heterocycles. The normalized spacial score (nSPS) is 18.4. The van der Waals surface area contributed by atoms with Crippen LogP contribution in [0.5, 0.6) is 0 Å². The van der Waals surface area contributed by atoms with E-state index in [1.165, 1.54) is 21.2 Å². The fourth-order valence-electron chi connectivity index (χ4n) is 4.28. The second kappa shape index (κ2) is 6.63. The zero-order valence-corrected chi connectivity index (χ0v) is 15.9. The molecule has 0 unspecified atom stereocenters. The summed E-state index contributed by atoms with van der Waals surface area (Å²) in [5.41, 5.74) is 3.53. The van der Waals surface area contributed by atoms with Crippen molar-refractivity contribution in [3.05, 3.63) is 76.7 Å². The summed E-state index contributed by atoms with van der Waals surface area (Å²) in [6.45, 7) is 2.17. The van der Waals surface area contributed by atoms with Crippen LogP contribution < -0.4 is 0 Å². The van der Waals surface area contributed by atoms with Crippen LogP contribution in [-0.2, 0) is 21.7 Å². The first-order valence-electron chi connectivity index (χ1n) is 9.41. The Morgan fingerprint density at radius 2 is 1.85 bits per heavy atom. The van der Waals surface area contributed by atoms with Crippen molar-refractivity contribution < 1.29 is 9.53 Å². The zero-order valence-electron chi connectivity index (χ0n) is 15.1. The van der Waals surface area contributed by atoms with Crippen LogP contribution >= 0.6 is 11.3 Å². The van der Waals surface area contributed by atoms with E-state index in [1.807, 2.05) is 23.1 Å². The van der Waals surface area contributed by atoms with E-state index in [4.69, 9.17) is 4.74 Å². The summed E-state index contributed by atoms with van der Waals surface area (Å²) >= 11 is 1.71. The fourth-order valence-corrected chi connectivity index (χ4v) is 5.21. The van der Waals surface area contributed by atoms with Crippen LogP contribution in [-0.4, -0.2) is 23.9 Å². The van der Waals surface area contributed by atoms with Gasteiger partial charge in [0, 0.05) is 23.9 Å². The standard InChI is InChI=1S/C23H21NO2S/c25-22(10-9-18-16-27-21-8-4-2-6-19(18)21)24-13-11-23(12-14-24)20-7-3-1-5-17(20)15-26-23/h1-10,16H,11-15H2. The van der Waals surface area contributed by atoms with Crippen molar-refractivity contribution >= 4 is 33.4 Å². The number of benzene rings is 2. The van der Waals surface area contributed by atoms with Crippen molar-refractivity contribution in [2.24, 2.45) is 0 Å². The lowest BCUT2D eigenvalue weighted by Crippen LogP contribution is -2.44. The van der Waals surface area contributed by atoms with Crippen LogP contribution in [0.3, 0.4) is 0 Å². The third kappa shape index (κ3) is 2.89. The Bertz CT molecular complexity index is 1030. The SMILES string of the molecule is O=C(C=Cc1csc2ccccc12)N1CCC2(CC1)OCc1ccccc12. The maximum atomic E-state index is 12.7. The number of amides is 1. The van der Waals surface area contributed by atoms with Crippen LogP contribution in [0.4, 0.5) is 0 Å². The Balaban J connectivity index is 1.28. The van der Waals surface area contributed by atoms with Gasteiger partial charge in [0.2, 0.25) is 5.91 Å². The number of hydrogen-bond acceptors (Lipinski definition) is 3. The van der Waals surface area contributed by atoms with Crippen molar-refractivity contribution in [2.75, 3.05) is 13.1 Å². The van der Waals surface area contributed by atoms with Crippen molar-refractivity contribution in [3.63, 3.8) is 0 Å². The molecule has 136 valence electrons. The maximum absolute atomic E-state index is 12.7. The molecule has 0 radical (unpaired) electrons. The quantitative estimate of drug-likeness (QED) is 0.592. The number of rotatable bonds is 2. The van der Waals surface area contributed by atoms with Gasteiger partial charge in [-0.3, -0.25) is 4.79 Å². The average molecular weight is 375 g/mol. The van der Waals surface area contributed by atoms with E-state index in [9.17, 15) is 4.79 Å². The molecule has 0 saturated carbocycles. The van der Waals surface area contributed by atoms with Crippen LogP contribution in [0.2, 0.25) is 0 Å². The highest BCUT2D eigenvalue weighted by molar-refractivity contribution is 7.17. The van der Waals surface area contributed by atoms with E-state index >= 15 is 0 Å². The predicted molar refractivity (Wildman–Crippen MR) is 110 cm³/mol. The topological polar surface area (TPSA) is 29.5 Å². The number of carbonyl (C=O) groups is 1. The van der Waals surface area contributed by atoms with Crippen LogP contribution in [0, 0.1) is 0 Å². The van der Waals surface area contributed by atoms with Gasteiger partial charge < -0.3 is 9.64 Å². The fraction of sp³-hybridized carbons (Fsp3) is 0.261. The minimum absolute atomic E-state index is 0.0893. The highest BCUT2D eigenvalue weighted by Crippen LogP contribution is 2.44. The average Bonchev–Trinajstić information content (AvgIpc) is 3.29. The number of nitrogens with zero attached hydrogens (tertiary/aromatic N) is 1. The molecule has 0 N–H and O–H groups in total. The number of fused-ring (bicyclic) bond motifs is 3. The van der Waals surface area contributed by atoms with E-state index < -0.39 is 0 Å².